The highest BCUT2D eigenvalue weighted by Crippen LogP contribution is 2.65. The third-order valence-corrected chi connectivity index (χ3v) is 5.54. The van der Waals surface area contributed by atoms with Gasteiger partial charge in [0.25, 0.3) is 0 Å². The van der Waals surface area contributed by atoms with Gasteiger partial charge < -0.3 is 0 Å². The average molecular weight is 234 g/mol. The van der Waals surface area contributed by atoms with Crippen molar-refractivity contribution in [1.82, 2.24) is 0 Å². The maximum Gasteiger partial charge on any atom is 0.165 e. The van der Waals surface area contributed by atoms with Crippen LogP contribution in [0.25, 0.3) is 0 Å². The highest BCUT2D eigenvalue weighted by atomic mass is 16.1. The van der Waals surface area contributed by atoms with E-state index >= 15 is 0 Å². The monoisotopic (exact) mass is 234 g/mol. The second-order valence-electron chi connectivity index (χ2n) is 6.63. The maximum atomic E-state index is 12.5. The van der Waals surface area contributed by atoms with E-state index in [0.717, 1.165) is 12.8 Å². The molecule has 2 bridgehead atoms. The number of fused-ring (bicyclic) bond motifs is 2. The van der Waals surface area contributed by atoms with Crippen molar-refractivity contribution in [2.75, 3.05) is 0 Å². The Morgan fingerprint density at radius 3 is 2.53 bits per heavy atom. The summed E-state index contributed by atoms with van der Waals surface area (Å²) in [6.07, 6.45) is 9.43. The number of rotatable bonds is 4. The molecule has 0 aromatic heterocycles. The second kappa shape index (κ2) is 4.26. The molecule has 0 amide bonds. The predicted octanol–water partition coefficient (Wildman–Crippen LogP) is 4.52. The summed E-state index contributed by atoms with van der Waals surface area (Å²) in [5.41, 5.74) is 1.27. The van der Waals surface area contributed by atoms with Crippen molar-refractivity contribution in [3.8, 4) is 0 Å². The van der Waals surface area contributed by atoms with Gasteiger partial charge in [0.15, 0.2) is 5.78 Å². The number of hydrogen-bond acceptors (Lipinski definition) is 1. The van der Waals surface area contributed by atoms with Crippen LogP contribution in [0.5, 0.6) is 0 Å². The largest absolute Gasteiger partial charge is 0.294 e. The highest BCUT2D eigenvalue weighted by Gasteiger charge is 2.63. The number of allylic oxidation sites excluding steroid dienone is 2. The molecule has 0 aliphatic heterocycles. The van der Waals surface area contributed by atoms with Gasteiger partial charge >= 0.3 is 0 Å². The number of unbranched alkanes of at least 4 members (excludes halogenated alkanes) is 3. The lowest BCUT2D eigenvalue weighted by Crippen LogP contribution is -2.32. The molecule has 0 heterocycles. The lowest BCUT2D eigenvalue weighted by Gasteiger charge is -2.31. The van der Waals surface area contributed by atoms with Gasteiger partial charge in [-0.2, -0.15) is 0 Å². The molecular weight excluding hydrogens is 208 g/mol. The lowest BCUT2D eigenvalue weighted by atomic mass is 9.70. The fourth-order valence-corrected chi connectivity index (χ4v) is 3.81. The van der Waals surface area contributed by atoms with E-state index in [1.807, 2.05) is 0 Å². The molecule has 0 aromatic rings. The van der Waals surface area contributed by atoms with Crippen molar-refractivity contribution in [2.24, 2.45) is 16.7 Å². The van der Waals surface area contributed by atoms with Crippen LogP contribution in [-0.4, -0.2) is 5.78 Å². The summed E-state index contributed by atoms with van der Waals surface area (Å²) in [5, 5.41) is 0. The van der Waals surface area contributed by atoms with Crippen LogP contribution < -0.4 is 0 Å². The van der Waals surface area contributed by atoms with E-state index in [1.165, 1.54) is 31.3 Å². The lowest BCUT2D eigenvalue weighted by molar-refractivity contribution is -0.125. The molecule has 0 saturated heterocycles. The summed E-state index contributed by atoms with van der Waals surface area (Å²) in [6, 6.07) is 0. The van der Waals surface area contributed by atoms with Crippen molar-refractivity contribution in [1.29, 1.82) is 0 Å². The van der Waals surface area contributed by atoms with E-state index in [0.29, 0.717) is 11.7 Å². The summed E-state index contributed by atoms with van der Waals surface area (Å²) in [7, 11) is 0. The highest BCUT2D eigenvalue weighted by molar-refractivity contribution is 6.04. The number of Topliss-reactive ketones (excluding diaryl/α,β-unsaturated/α-hetero) is 1. The molecule has 2 saturated carbocycles. The summed E-state index contributed by atoms with van der Waals surface area (Å²) in [5.74, 6) is 0.983. The maximum absolute atomic E-state index is 12.5. The van der Waals surface area contributed by atoms with Crippen LogP contribution >= 0.6 is 0 Å². The third-order valence-electron chi connectivity index (χ3n) is 5.54. The van der Waals surface area contributed by atoms with Gasteiger partial charge in [-0.15, -0.1) is 0 Å². The Kier molecular flexibility index (Phi) is 3.22. The molecular formula is C16H26O. The van der Waals surface area contributed by atoms with Gasteiger partial charge in [0, 0.05) is 5.41 Å². The van der Waals surface area contributed by atoms with Gasteiger partial charge in [0.1, 0.15) is 0 Å². The molecule has 17 heavy (non-hydrogen) atoms. The molecule has 0 spiro atoms. The van der Waals surface area contributed by atoms with Crippen LogP contribution in [0.15, 0.2) is 11.6 Å². The Hall–Kier alpha value is -0.590. The zero-order valence-corrected chi connectivity index (χ0v) is 11.8. The molecule has 2 fully saturated rings. The minimum Gasteiger partial charge on any atom is -0.294 e. The van der Waals surface area contributed by atoms with Crippen LogP contribution in [0.2, 0.25) is 0 Å². The van der Waals surface area contributed by atoms with E-state index in [9.17, 15) is 4.79 Å². The minimum atomic E-state index is -0.0751. The smallest absolute Gasteiger partial charge is 0.165 e. The summed E-state index contributed by atoms with van der Waals surface area (Å²) in [6.45, 7) is 8.98. The number of carbonyl (C=O) groups excluding carboxylic acids is 1. The first-order valence-electron chi connectivity index (χ1n) is 7.20. The molecule has 1 heteroatoms. The molecule has 2 atom stereocenters. The van der Waals surface area contributed by atoms with Crippen molar-refractivity contribution in [3.63, 3.8) is 0 Å². The molecule has 2 aliphatic rings. The number of hydrogen-bond donors (Lipinski definition) is 0. The Labute approximate surface area is 106 Å². The van der Waals surface area contributed by atoms with Gasteiger partial charge in [-0.05, 0) is 42.6 Å². The second-order valence-corrected chi connectivity index (χ2v) is 6.63. The topological polar surface area (TPSA) is 17.1 Å². The Morgan fingerprint density at radius 1 is 1.29 bits per heavy atom. The first kappa shape index (κ1) is 12.9. The molecule has 96 valence electrons. The fraction of sp³-hybridized carbons (Fsp3) is 0.812. The van der Waals surface area contributed by atoms with Gasteiger partial charge in [0.05, 0.1) is 0 Å². The molecule has 0 radical (unpaired) electrons. The van der Waals surface area contributed by atoms with E-state index in [-0.39, 0.29) is 10.8 Å². The zero-order chi connectivity index (χ0) is 12.7. The minimum absolute atomic E-state index is 0.0751. The van der Waals surface area contributed by atoms with Crippen LogP contribution in [0.1, 0.15) is 66.2 Å². The fourth-order valence-electron chi connectivity index (χ4n) is 3.81. The normalized spacial score (nSPS) is 37.1. The summed E-state index contributed by atoms with van der Waals surface area (Å²) in [4.78, 5) is 12.5. The first-order chi connectivity index (χ1) is 7.95. The molecule has 2 unspecified atom stereocenters. The van der Waals surface area contributed by atoms with Crippen LogP contribution in [0.4, 0.5) is 0 Å². The van der Waals surface area contributed by atoms with E-state index in [2.05, 4.69) is 33.8 Å². The van der Waals surface area contributed by atoms with Crippen molar-refractivity contribution < 1.29 is 4.79 Å². The Morgan fingerprint density at radius 2 is 2.00 bits per heavy atom. The predicted molar refractivity (Wildman–Crippen MR) is 71.8 cm³/mol. The Balaban J connectivity index is 2.14. The van der Waals surface area contributed by atoms with Gasteiger partial charge in [-0.1, -0.05) is 46.6 Å². The van der Waals surface area contributed by atoms with Crippen molar-refractivity contribution >= 4 is 5.78 Å². The summed E-state index contributed by atoms with van der Waals surface area (Å²) < 4.78 is 0. The zero-order valence-electron chi connectivity index (χ0n) is 11.8. The first-order valence-corrected chi connectivity index (χ1v) is 7.20. The number of carbonyl (C=O) groups is 1. The van der Waals surface area contributed by atoms with Crippen LogP contribution in [0, 0.1) is 16.7 Å². The van der Waals surface area contributed by atoms with Gasteiger partial charge in [-0.3, -0.25) is 4.79 Å². The summed E-state index contributed by atoms with van der Waals surface area (Å²) >= 11 is 0. The number of ketones is 1. The standard InChI is InChI=1S/C16H26O/c1-5-6-7-8-9-12-13-10-11-16(4,14(12)17)15(13,2)3/h9,13H,5-8,10-11H2,1-4H3/b12-9+. The average Bonchev–Trinajstić information content (AvgIpc) is 2.58. The molecule has 0 aromatic carbocycles. The van der Waals surface area contributed by atoms with Crippen molar-refractivity contribution in [2.45, 2.75) is 66.2 Å². The SMILES string of the molecule is CCCCC/C=C1/C(=O)C2(C)CCC1C2(C)C. The van der Waals surface area contributed by atoms with E-state index < -0.39 is 0 Å². The van der Waals surface area contributed by atoms with Crippen LogP contribution in [-0.2, 0) is 4.79 Å². The van der Waals surface area contributed by atoms with Gasteiger partial charge in [-0.25, -0.2) is 0 Å². The van der Waals surface area contributed by atoms with Crippen LogP contribution in [0.3, 0.4) is 0 Å². The molecule has 0 N–H and O–H groups in total. The van der Waals surface area contributed by atoms with Gasteiger partial charge in [0.2, 0.25) is 0 Å². The quantitative estimate of drug-likeness (QED) is 0.516. The molecule has 1 nitrogen and oxygen atoms in total. The molecule has 2 rings (SSSR count). The third kappa shape index (κ3) is 1.70. The van der Waals surface area contributed by atoms with E-state index in [4.69, 9.17) is 0 Å². The Bertz CT molecular complexity index is 351. The molecule has 2 aliphatic carbocycles. The van der Waals surface area contributed by atoms with E-state index in [1.54, 1.807) is 0 Å². The van der Waals surface area contributed by atoms with Crippen molar-refractivity contribution in [3.05, 3.63) is 11.6 Å².